The molecule has 2 aliphatic heterocycles. The van der Waals surface area contributed by atoms with Crippen molar-refractivity contribution in [3.8, 4) is 0 Å². The molecule has 0 aliphatic carbocycles. The van der Waals surface area contributed by atoms with Crippen LogP contribution in [0.2, 0.25) is 0 Å². The number of benzene rings is 2. The fourth-order valence-corrected chi connectivity index (χ4v) is 7.49. The summed E-state index contributed by atoms with van der Waals surface area (Å²) < 4.78 is 31.9. The highest BCUT2D eigenvalue weighted by Crippen LogP contribution is 2.49. The normalized spacial score (nSPS) is 20.5. The third kappa shape index (κ3) is 5.53. The maximum atomic E-state index is 13.8. The number of hydrogen-bond donors (Lipinski definition) is 3. The number of β-lactam (4-membered cyclic amide) rings is 1. The smallest absolute Gasteiger partial charge is 0.331 e. The lowest BCUT2D eigenvalue weighted by Crippen LogP contribution is -2.59. The van der Waals surface area contributed by atoms with Crippen molar-refractivity contribution in [1.82, 2.24) is 15.2 Å². The van der Waals surface area contributed by atoms with E-state index >= 15 is 0 Å². The Morgan fingerprint density at radius 3 is 2.27 bits per heavy atom. The summed E-state index contributed by atoms with van der Waals surface area (Å²) in [5, 5.41) is 1.29. The van der Waals surface area contributed by atoms with Gasteiger partial charge < -0.3 is 26.4 Å². The molecule has 3 heterocycles. The maximum absolute atomic E-state index is 13.8. The van der Waals surface area contributed by atoms with Crippen LogP contribution in [0.25, 0.3) is 6.08 Å². The van der Waals surface area contributed by atoms with Gasteiger partial charge in [0, 0.05) is 18.3 Å². The fourth-order valence-electron chi connectivity index (χ4n) is 5.37. The second kappa shape index (κ2) is 11.9. The molecule has 5 rings (SSSR count). The number of sulfone groups is 1. The third-order valence-corrected chi connectivity index (χ3v) is 10.4. The quantitative estimate of drug-likeness (QED) is 0.0800. The molecule has 0 unspecified atom stereocenters. The van der Waals surface area contributed by atoms with Gasteiger partial charge in [0.2, 0.25) is 0 Å². The van der Waals surface area contributed by atoms with Crippen LogP contribution in [0.15, 0.2) is 89.6 Å². The highest BCUT2D eigenvalue weighted by molar-refractivity contribution is 7.94. The zero-order valence-corrected chi connectivity index (χ0v) is 24.9. The van der Waals surface area contributed by atoms with Gasteiger partial charge in [-0.05, 0) is 43.2 Å². The summed E-state index contributed by atoms with van der Waals surface area (Å²) in [6.07, 6.45) is 1.89. The first-order valence-electron chi connectivity index (χ1n) is 13.8. The highest BCUT2D eigenvalue weighted by Gasteiger charge is 2.70. The lowest BCUT2D eigenvalue weighted by atomic mass is 9.94. The van der Waals surface area contributed by atoms with E-state index in [1.54, 1.807) is 0 Å². The van der Waals surface area contributed by atoms with Gasteiger partial charge in [0.15, 0.2) is 33.3 Å². The van der Waals surface area contributed by atoms with Crippen LogP contribution < -0.4 is 16.8 Å². The molecule has 0 radical (unpaired) electrons. The van der Waals surface area contributed by atoms with E-state index in [0.29, 0.717) is 11.1 Å². The number of pyridine rings is 1. The van der Waals surface area contributed by atoms with Crippen molar-refractivity contribution in [1.29, 1.82) is 0 Å². The van der Waals surface area contributed by atoms with Crippen LogP contribution in [-0.2, 0) is 24.2 Å². The second-order valence-corrected chi connectivity index (χ2v) is 13.5. The van der Waals surface area contributed by atoms with E-state index in [9.17, 15) is 22.8 Å². The number of fused-ring (bicyclic) bond motifs is 1. The molecule has 0 bridgehead atoms. The van der Waals surface area contributed by atoms with E-state index in [4.69, 9.17) is 16.2 Å². The molecule has 1 aromatic heterocycles. The number of carbonyl (C=O) groups excluding carboxylic acids is 3. The minimum Gasteiger partial charge on any atom is -0.451 e. The lowest BCUT2D eigenvalue weighted by Gasteiger charge is -2.38. The molecule has 12 nitrogen and oxygen atoms in total. The van der Waals surface area contributed by atoms with Crippen molar-refractivity contribution in [2.24, 2.45) is 16.5 Å². The predicted molar refractivity (Wildman–Crippen MR) is 163 cm³/mol. The Morgan fingerprint density at radius 2 is 1.68 bits per heavy atom. The van der Waals surface area contributed by atoms with E-state index in [0.717, 1.165) is 4.90 Å². The minimum absolute atomic E-state index is 0.0474. The van der Waals surface area contributed by atoms with Gasteiger partial charge in [0.25, 0.3) is 11.8 Å². The van der Waals surface area contributed by atoms with Crippen LogP contribution in [0.1, 0.15) is 47.1 Å². The van der Waals surface area contributed by atoms with Crippen molar-refractivity contribution in [2.75, 3.05) is 13.1 Å². The number of rotatable bonds is 9. The van der Waals surface area contributed by atoms with Crippen molar-refractivity contribution in [3.63, 3.8) is 0 Å². The average molecular weight is 617 g/mol. The topological polar surface area (TPSA) is 187 Å². The van der Waals surface area contributed by atoms with E-state index in [-0.39, 0.29) is 35.9 Å². The van der Waals surface area contributed by atoms with Crippen LogP contribution in [-0.4, -0.2) is 71.3 Å². The summed E-state index contributed by atoms with van der Waals surface area (Å²) in [7, 11) is -4.08. The average Bonchev–Trinajstić information content (AvgIpc) is 3.16. The summed E-state index contributed by atoms with van der Waals surface area (Å²) in [5.41, 5.74) is 12.4. The largest absolute Gasteiger partial charge is 0.451 e. The van der Waals surface area contributed by atoms with Gasteiger partial charge >= 0.3 is 5.97 Å². The Hall–Kier alpha value is -5.04. The van der Waals surface area contributed by atoms with Crippen LogP contribution in [0.3, 0.4) is 0 Å². The zero-order valence-electron chi connectivity index (χ0n) is 24.1. The first kappa shape index (κ1) is 30.4. The van der Waals surface area contributed by atoms with Gasteiger partial charge in [-0.2, -0.15) is 0 Å². The standard InChI is InChI=1S/C31H32N6O6S/c1-31(2)25(29(40)43-24(19-9-5-3-6-10-19)20-11-7-4-8-12-20)37-27(39)23(28(37)44(31,41)42)18-22-17-21(13-14-34-22)26(38)35-15-16-36-30(32)33/h3-14,17-18,24-25,28H,15-16H2,1-2H3,(H,35,38)(H4,32,33,36)/b23-18-/t25-,28+/m0/s1. The number of aliphatic imine (C=N–C) groups is 1. The zero-order chi connectivity index (χ0) is 31.6. The molecule has 3 aromatic rings. The Labute approximate surface area is 254 Å². The molecule has 2 atom stereocenters. The monoisotopic (exact) mass is 616 g/mol. The third-order valence-electron chi connectivity index (χ3n) is 7.66. The molecule has 5 N–H and O–H groups in total. The number of amides is 2. The number of nitrogens with zero attached hydrogens (tertiary/aromatic N) is 3. The summed E-state index contributed by atoms with van der Waals surface area (Å²) in [5.74, 6) is -1.98. The number of carbonyl (C=O) groups is 3. The molecule has 2 aromatic carbocycles. The van der Waals surface area contributed by atoms with Crippen LogP contribution in [0.5, 0.6) is 0 Å². The molecular weight excluding hydrogens is 584 g/mol. The van der Waals surface area contributed by atoms with Gasteiger partial charge in [-0.3, -0.25) is 19.6 Å². The molecule has 44 heavy (non-hydrogen) atoms. The molecule has 13 heteroatoms. The van der Waals surface area contributed by atoms with Gasteiger partial charge in [0.05, 0.1) is 17.8 Å². The number of nitrogens with one attached hydrogen (secondary N) is 1. The van der Waals surface area contributed by atoms with Crippen molar-refractivity contribution in [2.45, 2.75) is 36.1 Å². The Kier molecular flexibility index (Phi) is 8.24. The molecule has 0 spiro atoms. The van der Waals surface area contributed by atoms with Crippen molar-refractivity contribution in [3.05, 3.63) is 107 Å². The molecular formula is C31H32N6O6S. The molecule has 228 valence electrons. The highest BCUT2D eigenvalue weighted by atomic mass is 32.2. The number of hydrogen-bond acceptors (Lipinski definition) is 8. The van der Waals surface area contributed by atoms with Gasteiger partial charge in [0.1, 0.15) is 4.75 Å². The molecule has 2 amide bonds. The molecule has 2 fully saturated rings. The van der Waals surface area contributed by atoms with E-state index < -0.39 is 49.9 Å². The molecule has 2 saturated heterocycles. The number of nitrogens with two attached hydrogens (primary N) is 2. The maximum Gasteiger partial charge on any atom is 0.331 e. The van der Waals surface area contributed by atoms with Crippen LogP contribution >= 0.6 is 0 Å². The second-order valence-electron chi connectivity index (χ2n) is 10.9. The predicted octanol–water partition coefficient (Wildman–Crippen LogP) is 1.54. The number of aromatic nitrogens is 1. The number of guanidine groups is 1. The molecule has 2 aliphatic rings. The SMILES string of the molecule is CC1(C)[C@H](C(=O)OC(c2ccccc2)c2ccccc2)N2C(=O)/C(=C/c3cc(C(=O)NCCN=C(N)N)ccn3)[C@H]2S1(=O)=O. The first-order valence-corrected chi connectivity index (χ1v) is 15.4. The summed E-state index contributed by atoms with van der Waals surface area (Å²) in [6, 6.07) is 19.7. The van der Waals surface area contributed by atoms with Crippen molar-refractivity contribution >= 4 is 39.7 Å². The van der Waals surface area contributed by atoms with Crippen LogP contribution in [0.4, 0.5) is 0 Å². The minimum atomic E-state index is -4.08. The van der Waals surface area contributed by atoms with Crippen molar-refractivity contribution < 1.29 is 27.5 Å². The first-order chi connectivity index (χ1) is 20.9. The molecule has 0 saturated carbocycles. The van der Waals surface area contributed by atoms with Gasteiger partial charge in [-0.15, -0.1) is 0 Å². The fraction of sp³-hybridized carbons (Fsp3) is 0.258. The van der Waals surface area contributed by atoms with E-state index in [1.165, 1.54) is 38.3 Å². The summed E-state index contributed by atoms with van der Waals surface area (Å²) >= 11 is 0. The lowest BCUT2D eigenvalue weighted by molar-refractivity contribution is -0.160. The summed E-state index contributed by atoms with van der Waals surface area (Å²) in [4.78, 5) is 48.9. The van der Waals surface area contributed by atoms with E-state index in [1.807, 2.05) is 60.7 Å². The van der Waals surface area contributed by atoms with Gasteiger partial charge in [-0.1, -0.05) is 60.7 Å². The summed E-state index contributed by atoms with van der Waals surface area (Å²) in [6.45, 7) is 3.22. The Balaban J connectivity index is 1.40. The number of ether oxygens (including phenoxy) is 1. The van der Waals surface area contributed by atoms with Crippen LogP contribution in [0, 0.1) is 0 Å². The van der Waals surface area contributed by atoms with E-state index in [2.05, 4.69) is 15.3 Å². The Morgan fingerprint density at radius 1 is 1.07 bits per heavy atom. The number of esters is 1. The van der Waals surface area contributed by atoms with Gasteiger partial charge in [-0.25, -0.2) is 13.2 Å². The Bertz CT molecular complexity index is 1710.